The van der Waals surface area contributed by atoms with E-state index in [0.717, 1.165) is 42.6 Å². The number of hydrogen-bond donors (Lipinski definition) is 3. The van der Waals surface area contributed by atoms with Gasteiger partial charge in [-0.15, -0.1) is 0 Å². The number of carbonyl (C=O) groups excluding carboxylic acids is 1. The lowest BCUT2D eigenvalue weighted by molar-refractivity contribution is -0.120. The van der Waals surface area contributed by atoms with Gasteiger partial charge < -0.3 is 15.4 Å². The molecule has 6 heteroatoms. The van der Waals surface area contributed by atoms with Gasteiger partial charge in [0.05, 0.1) is 18.0 Å². The summed E-state index contributed by atoms with van der Waals surface area (Å²) in [7, 11) is 0. The standard InChI is InChI=1S/C15H20N4O2/c1-2-21-11-5-6-13-12(8-11)14(19-18-13)17-15(20)10-4-3-7-16-9-10/h5-6,8,10,16H,2-4,7,9H2,1H3,(H2,17,18,19,20)/t10-/m1/s1. The zero-order valence-corrected chi connectivity index (χ0v) is 12.1. The van der Waals surface area contributed by atoms with E-state index in [1.165, 1.54) is 0 Å². The van der Waals surface area contributed by atoms with Crippen LogP contribution in [0.1, 0.15) is 19.8 Å². The number of rotatable bonds is 4. The third-order valence-corrected chi connectivity index (χ3v) is 3.75. The van der Waals surface area contributed by atoms with Crippen molar-refractivity contribution in [3.05, 3.63) is 18.2 Å². The quantitative estimate of drug-likeness (QED) is 0.803. The van der Waals surface area contributed by atoms with E-state index in [-0.39, 0.29) is 11.8 Å². The summed E-state index contributed by atoms with van der Waals surface area (Å²) in [6, 6.07) is 5.70. The number of aromatic amines is 1. The molecule has 3 N–H and O–H groups in total. The predicted octanol–water partition coefficient (Wildman–Crippen LogP) is 1.90. The van der Waals surface area contributed by atoms with Crippen molar-refractivity contribution >= 4 is 22.6 Å². The van der Waals surface area contributed by atoms with Gasteiger partial charge in [0.2, 0.25) is 5.91 Å². The van der Waals surface area contributed by atoms with Gasteiger partial charge in [0, 0.05) is 11.9 Å². The Labute approximate surface area is 123 Å². The molecule has 1 aromatic carbocycles. The Bertz CT molecular complexity index is 632. The minimum atomic E-state index is 0.0144. The fourth-order valence-corrected chi connectivity index (χ4v) is 2.64. The molecule has 1 saturated heterocycles. The highest BCUT2D eigenvalue weighted by atomic mass is 16.5. The maximum Gasteiger partial charge on any atom is 0.229 e. The van der Waals surface area contributed by atoms with E-state index in [9.17, 15) is 4.79 Å². The van der Waals surface area contributed by atoms with Crippen LogP contribution in [0.5, 0.6) is 5.75 Å². The number of hydrogen-bond acceptors (Lipinski definition) is 4. The fourth-order valence-electron chi connectivity index (χ4n) is 2.64. The zero-order valence-electron chi connectivity index (χ0n) is 12.1. The van der Waals surface area contributed by atoms with E-state index in [0.29, 0.717) is 12.4 Å². The van der Waals surface area contributed by atoms with E-state index in [2.05, 4.69) is 20.8 Å². The molecule has 112 valence electrons. The van der Waals surface area contributed by atoms with Crippen molar-refractivity contribution in [3.8, 4) is 5.75 Å². The Balaban J connectivity index is 1.79. The summed E-state index contributed by atoms with van der Waals surface area (Å²) in [6.45, 7) is 4.28. The minimum Gasteiger partial charge on any atom is -0.494 e. The van der Waals surface area contributed by atoms with Crippen LogP contribution < -0.4 is 15.4 Å². The highest BCUT2D eigenvalue weighted by molar-refractivity contribution is 6.00. The van der Waals surface area contributed by atoms with Gasteiger partial charge in [-0.1, -0.05) is 0 Å². The maximum atomic E-state index is 12.3. The van der Waals surface area contributed by atoms with Crippen LogP contribution in [0, 0.1) is 5.92 Å². The van der Waals surface area contributed by atoms with Crippen molar-refractivity contribution in [2.24, 2.45) is 5.92 Å². The first-order chi connectivity index (χ1) is 10.3. The molecule has 2 heterocycles. The van der Waals surface area contributed by atoms with Gasteiger partial charge in [-0.05, 0) is 44.5 Å². The average molecular weight is 288 g/mol. The normalized spacial score (nSPS) is 18.6. The van der Waals surface area contributed by atoms with Crippen molar-refractivity contribution in [1.29, 1.82) is 0 Å². The van der Waals surface area contributed by atoms with Gasteiger partial charge >= 0.3 is 0 Å². The Morgan fingerprint density at radius 2 is 2.43 bits per heavy atom. The molecule has 6 nitrogen and oxygen atoms in total. The monoisotopic (exact) mass is 288 g/mol. The number of nitrogens with zero attached hydrogens (tertiary/aromatic N) is 1. The highest BCUT2D eigenvalue weighted by Crippen LogP contribution is 2.26. The number of H-pyrrole nitrogens is 1. The Morgan fingerprint density at radius 1 is 1.52 bits per heavy atom. The Hall–Kier alpha value is -2.08. The number of carbonyl (C=O) groups is 1. The third-order valence-electron chi connectivity index (χ3n) is 3.75. The van der Waals surface area contributed by atoms with Gasteiger partial charge in [-0.3, -0.25) is 9.89 Å². The molecular weight excluding hydrogens is 268 g/mol. The first-order valence-electron chi connectivity index (χ1n) is 7.40. The maximum absolute atomic E-state index is 12.3. The summed E-state index contributed by atoms with van der Waals surface area (Å²) >= 11 is 0. The number of anilines is 1. The highest BCUT2D eigenvalue weighted by Gasteiger charge is 2.22. The van der Waals surface area contributed by atoms with Crippen LogP contribution in [0.15, 0.2) is 18.2 Å². The van der Waals surface area contributed by atoms with Crippen LogP contribution in [0.4, 0.5) is 5.82 Å². The number of amides is 1. The van der Waals surface area contributed by atoms with Crippen molar-refractivity contribution < 1.29 is 9.53 Å². The van der Waals surface area contributed by atoms with Crippen molar-refractivity contribution in [2.45, 2.75) is 19.8 Å². The van der Waals surface area contributed by atoms with Crippen LogP contribution in [-0.2, 0) is 4.79 Å². The summed E-state index contributed by atoms with van der Waals surface area (Å²) in [5, 5.41) is 14.2. The molecule has 3 rings (SSSR count). The summed E-state index contributed by atoms with van der Waals surface area (Å²) in [5.74, 6) is 1.39. The SMILES string of the molecule is CCOc1ccc2[nH]nc(NC(=O)[C@@H]3CCCNC3)c2c1. The van der Waals surface area contributed by atoms with Crippen LogP contribution in [0.3, 0.4) is 0 Å². The number of ether oxygens (including phenoxy) is 1. The van der Waals surface area contributed by atoms with Crippen LogP contribution in [-0.4, -0.2) is 35.8 Å². The van der Waals surface area contributed by atoms with Crippen molar-refractivity contribution in [3.63, 3.8) is 0 Å². The molecule has 21 heavy (non-hydrogen) atoms. The Kier molecular flexibility index (Phi) is 4.06. The molecule has 0 saturated carbocycles. The molecule has 0 radical (unpaired) electrons. The molecule has 0 unspecified atom stereocenters. The third kappa shape index (κ3) is 3.00. The van der Waals surface area contributed by atoms with E-state index < -0.39 is 0 Å². The summed E-state index contributed by atoms with van der Waals surface area (Å²) in [5.41, 5.74) is 0.885. The Morgan fingerprint density at radius 3 is 3.19 bits per heavy atom. The van der Waals surface area contributed by atoms with E-state index in [1.807, 2.05) is 25.1 Å². The lowest BCUT2D eigenvalue weighted by Gasteiger charge is -2.21. The van der Waals surface area contributed by atoms with Crippen LogP contribution in [0.25, 0.3) is 10.9 Å². The largest absolute Gasteiger partial charge is 0.494 e. The second-order valence-corrected chi connectivity index (χ2v) is 5.25. The molecule has 0 aliphatic carbocycles. The summed E-state index contributed by atoms with van der Waals surface area (Å²) < 4.78 is 5.50. The minimum absolute atomic E-state index is 0.0144. The first kappa shape index (κ1) is 13.9. The topological polar surface area (TPSA) is 79.0 Å². The average Bonchev–Trinajstić information content (AvgIpc) is 2.91. The van der Waals surface area contributed by atoms with Crippen molar-refractivity contribution in [1.82, 2.24) is 15.5 Å². The molecule has 1 fully saturated rings. The lowest BCUT2D eigenvalue weighted by atomic mass is 9.99. The summed E-state index contributed by atoms with van der Waals surface area (Å²) in [4.78, 5) is 12.3. The van der Waals surface area contributed by atoms with Gasteiger partial charge in [0.25, 0.3) is 0 Å². The molecule has 1 amide bonds. The number of nitrogens with one attached hydrogen (secondary N) is 3. The number of piperidine rings is 1. The molecule has 1 aliphatic rings. The predicted molar refractivity (Wildman–Crippen MR) is 81.5 cm³/mol. The smallest absolute Gasteiger partial charge is 0.229 e. The van der Waals surface area contributed by atoms with Gasteiger partial charge in [0.1, 0.15) is 5.75 Å². The van der Waals surface area contributed by atoms with Gasteiger partial charge in [-0.25, -0.2) is 0 Å². The number of benzene rings is 1. The van der Waals surface area contributed by atoms with Crippen molar-refractivity contribution in [2.75, 3.05) is 25.0 Å². The first-order valence-corrected chi connectivity index (χ1v) is 7.40. The van der Waals surface area contributed by atoms with E-state index in [1.54, 1.807) is 0 Å². The fraction of sp³-hybridized carbons (Fsp3) is 0.467. The second kappa shape index (κ2) is 6.13. The molecule has 0 bridgehead atoms. The molecule has 1 aliphatic heterocycles. The second-order valence-electron chi connectivity index (χ2n) is 5.25. The van der Waals surface area contributed by atoms with Gasteiger partial charge in [-0.2, -0.15) is 5.10 Å². The zero-order chi connectivity index (χ0) is 14.7. The molecule has 0 spiro atoms. The van der Waals surface area contributed by atoms with Gasteiger partial charge in [0.15, 0.2) is 5.82 Å². The van der Waals surface area contributed by atoms with Crippen LogP contribution >= 0.6 is 0 Å². The van der Waals surface area contributed by atoms with E-state index in [4.69, 9.17) is 4.74 Å². The molecule has 1 atom stereocenters. The summed E-state index contributed by atoms with van der Waals surface area (Å²) in [6.07, 6.45) is 1.96. The molecule has 2 aromatic rings. The molecule has 1 aromatic heterocycles. The number of aromatic nitrogens is 2. The molecular formula is C15H20N4O2. The van der Waals surface area contributed by atoms with E-state index >= 15 is 0 Å². The van der Waals surface area contributed by atoms with Crippen LogP contribution in [0.2, 0.25) is 0 Å². The number of fused-ring (bicyclic) bond motifs is 1. The lowest BCUT2D eigenvalue weighted by Crippen LogP contribution is -2.37.